The number of nitrogens with one attached hydrogen (secondary N) is 1. The molecule has 1 aromatic heterocycles. The first-order valence-corrected chi connectivity index (χ1v) is 7.00. The summed E-state index contributed by atoms with van der Waals surface area (Å²) in [6.45, 7) is 3.04. The monoisotopic (exact) mass is 273 g/mol. The Morgan fingerprint density at radius 2 is 2.15 bits per heavy atom. The van der Waals surface area contributed by atoms with Crippen LogP contribution >= 0.6 is 0 Å². The Hall–Kier alpha value is -1.88. The standard InChI is InChI=1S/C15H23N5/c1-5-9-20-14(11-17-18-20)15(16-2)12-7-6-8-13(10-12)19(3)4/h6-8,10-11,15-16H,5,9H2,1-4H3. The quantitative estimate of drug-likeness (QED) is 0.875. The van der Waals surface area contributed by atoms with E-state index in [1.807, 2.05) is 17.9 Å². The highest BCUT2D eigenvalue weighted by molar-refractivity contribution is 5.48. The van der Waals surface area contributed by atoms with Crippen LogP contribution in [0.2, 0.25) is 0 Å². The second-order valence-electron chi connectivity index (χ2n) is 5.09. The number of aryl methyl sites for hydroxylation is 1. The van der Waals surface area contributed by atoms with E-state index in [1.165, 1.54) is 11.3 Å². The van der Waals surface area contributed by atoms with Crippen molar-refractivity contribution in [1.82, 2.24) is 20.3 Å². The van der Waals surface area contributed by atoms with Crippen molar-refractivity contribution in [3.8, 4) is 0 Å². The third kappa shape index (κ3) is 2.99. The van der Waals surface area contributed by atoms with Crippen LogP contribution < -0.4 is 10.2 Å². The maximum Gasteiger partial charge on any atom is 0.0801 e. The molecule has 0 saturated carbocycles. The van der Waals surface area contributed by atoms with E-state index in [9.17, 15) is 0 Å². The molecule has 1 unspecified atom stereocenters. The van der Waals surface area contributed by atoms with Crippen LogP contribution in [0, 0.1) is 0 Å². The minimum atomic E-state index is 0.108. The summed E-state index contributed by atoms with van der Waals surface area (Å²) in [4.78, 5) is 2.11. The van der Waals surface area contributed by atoms with E-state index in [-0.39, 0.29) is 6.04 Å². The highest BCUT2D eigenvalue weighted by Gasteiger charge is 2.17. The average Bonchev–Trinajstić information content (AvgIpc) is 2.89. The van der Waals surface area contributed by atoms with Gasteiger partial charge in [0.2, 0.25) is 0 Å². The van der Waals surface area contributed by atoms with Crippen molar-refractivity contribution in [2.75, 3.05) is 26.0 Å². The summed E-state index contributed by atoms with van der Waals surface area (Å²) in [5.74, 6) is 0. The van der Waals surface area contributed by atoms with Crippen molar-refractivity contribution in [3.63, 3.8) is 0 Å². The van der Waals surface area contributed by atoms with Gasteiger partial charge in [0.25, 0.3) is 0 Å². The second-order valence-corrected chi connectivity index (χ2v) is 5.09. The maximum absolute atomic E-state index is 4.17. The van der Waals surface area contributed by atoms with E-state index in [0.717, 1.165) is 18.7 Å². The molecule has 1 heterocycles. The first-order chi connectivity index (χ1) is 9.67. The fraction of sp³-hybridized carbons (Fsp3) is 0.467. The predicted molar refractivity (Wildman–Crippen MR) is 82.0 cm³/mol. The normalized spacial score (nSPS) is 12.4. The van der Waals surface area contributed by atoms with Crippen molar-refractivity contribution >= 4 is 5.69 Å². The minimum absolute atomic E-state index is 0.108. The van der Waals surface area contributed by atoms with E-state index in [1.54, 1.807) is 0 Å². The molecule has 2 aromatic rings. The minimum Gasteiger partial charge on any atom is -0.378 e. The van der Waals surface area contributed by atoms with Crippen LogP contribution in [0.15, 0.2) is 30.5 Å². The molecule has 0 aliphatic rings. The van der Waals surface area contributed by atoms with Gasteiger partial charge in [-0.3, -0.25) is 0 Å². The van der Waals surface area contributed by atoms with Crippen molar-refractivity contribution in [1.29, 1.82) is 0 Å². The third-order valence-corrected chi connectivity index (χ3v) is 3.39. The molecular weight excluding hydrogens is 250 g/mol. The number of hydrogen-bond acceptors (Lipinski definition) is 4. The topological polar surface area (TPSA) is 46.0 Å². The molecule has 0 bridgehead atoms. The first kappa shape index (κ1) is 14.5. The number of nitrogens with zero attached hydrogens (tertiary/aromatic N) is 4. The molecule has 0 radical (unpaired) electrons. The van der Waals surface area contributed by atoms with E-state index in [2.05, 4.69) is 65.8 Å². The number of benzene rings is 1. The van der Waals surface area contributed by atoms with Gasteiger partial charge in [-0.1, -0.05) is 24.3 Å². The largest absolute Gasteiger partial charge is 0.378 e. The van der Waals surface area contributed by atoms with Gasteiger partial charge in [0, 0.05) is 26.3 Å². The summed E-state index contributed by atoms with van der Waals surface area (Å²) >= 11 is 0. The Kier molecular flexibility index (Phi) is 4.74. The fourth-order valence-corrected chi connectivity index (χ4v) is 2.34. The molecule has 1 aromatic carbocycles. The molecule has 0 saturated heterocycles. The Labute approximate surface area is 120 Å². The number of hydrogen-bond donors (Lipinski definition) is 1. The summed E-state index contributed by atoms with van der Waals surface area (Å²) in [5.41, 5.74) is 3.51. The van der Waals surface area contributed by atoms with Gasteiger partial charge in [0.1, 0.15) is 0 Å². The Morgan fingerprint density at radius 1 is 1.35 bits per heavy atom. The summed E-state index contributed by atoms with van der Waals surface area (Å²) < 4.78 is 1.98. The van der Waals surface area contributed by atoms with E-state index in [0.29, 0.717) is 0 Å². The van der Waals surface area contributed by atoms with Crippen LogP contribution in [0.25, 0.3) is 0 Å². The Balaban J connectivity index is 2.36. The smallest absolute Gasteiger partial charge is 0.0801 e. The second kappa shape index (κ2) is 6.52. The summed E-state index contributed by atoms with van der Waals surface area (Å²) in [7, 11) is 6.07. The molecular formula is C15H23N5. The highest BCUT2D eigenvalue weighted by Crippen LogP contribution is 2.24. The molecule has 108 valence electrons. The lowest BCUT2D eigenvalue weighted by atomic mass is 10.0. The van der Waals surface area contributed by atoms with E-state index < -0.39 is 0 Å². The summed E-state index contributed by atoms with van der Waals surface area (Å²) in [6.07, 6.45) is 2.89. The fourth-order valence-electron chi connectivity index (χ4n) is 2.34. The van der Waals surface area contributed by atoms with Crippen LogP contribution in [0.1, 0.15) is 30.6 Å². The molecule has 0 fully saturated rings. The van der Waals surface area contributed by atoms with Gasteiger partial charge in [-0.15, -0.1) is 5.10 Å². The van der Waals surface area contributed by atoms with Crippen molar-refractivity contribution in [3.05, 3.63) is 41.7 Å². The van der Waals surface area contributed by atoms with Gasteiger partial charge in [-0.05, 0) is 31.2 Å². The number of aromatic nitrogens is 3. The van der Waals surface area contributed by atoms with Gasteiger partial charge in [0.05, 0.1) is 17.9 Å². The molecule has 2 rings (SSSR count). The molecule has 0 spiro atoms. The molecule has 0 aliphatic heterocycles. The van der Waals surface area contributed by atoms with Gasteiger partial charge in [-0.2, -0.15) is 0 Å². The van der Waals surface area contributed by atoms with E-state index in [4.69, 9.17) is 0 Å². The molecule has 0 amide bonds. The number of anilines is 1. The zero-order valence-electron chi connectivity index (χ0n) is 12.7. The lowest BCUT2D eigenvalue weighted by Gasteiger charge is -2.20. The lowest BCUT2D eigenvalue weighted by molar-refractivity contribution is 0.523. The van der Waals surface area contributed by atoms with Crippen molar-refractivity contribution < 1.29 is 0 Å². The molecule has 0 aliphatic carbocycles. The van der Waals surface area contributed by atoms with Crippen LogP contribution in [0.3, 0.4) is 0 Å². The Morgan fingerprint density at radius 3 is 2.80 bits per heavy atom. The van der Waals surface area contributed by atoms with Crippen molar-refractivity contribution in [2.45, 2.75) is 25.9 Å². The Bertz CT molecular complexity index is 547. The molecule has 20 heavy (non-hydrogen) atoms. The highest BCUT2D eigenvalue weighted by atomic mass is 15.4. The lowest BCUT2D eigenvalue weighted by Crippen LogP contribution is -2.22. The van der Waals surface area contributed by atoms with Crippen LogP contribution in [0.4, 0.5) is 5.69 Å². The van der Waals surface area contributed by atoms with Crippen LogP contribution in [0.5, 0.6) is 0 Å². The van der Waals surface area contributed by atoms with Crippen LogP contribution in [-0.4, -0.2) is 36.1 Å². The van der Waals surface area contributed by atoms with Gasteiger partial charge >= 0.3 is 0 Å². The molecule has 1 N–H and O–H groups in total. The average molecular weight is 273 g/mol. The zero-order chi connectivity index (χ0) is 14.5. The maximum atomic E-state index is 4.17. The van der Waals surface area contributed by atoms with Gasteiger partial charge in [-0.25, -0.2) is 4.68 Å². The molecule has 5 heteroatoms. The molecule has 1 atom stereocenters. The molecule has 5 nitrogen and oxygen atoms in total. The van der Waals surface area contributed by atoms with Gasteiger partial charge < -0.3 is 10.2 Å². The SMILES string of the molecule is CCCn1nncc1C(NC)c1cccc(N(C)C)c1. The van der Waals surface area contributed by atoms with E-state index >= 15 is 0 Å². The summed E-state index contributed by atoms with van der Waals surface area (Å²) in [6, 6.07) is 8.64. The predicted octanol–water partition coefficient (Wildman–Crippen LogP) is 2.06. The zero-order valence-corrected chi connectivity index (χ0v) is 12.7. The summed E-state index contributed by atoms with van der Waals surface area (Å²) in [5, 5.41) is 11.6. The number of rotatable bonds is 6. The first-order valence-electron chi connectivity index (χ1n) is 7.00. The van der Waals surface area contributed by atoms with Gasteiger partial charge in [0.15, 0.2) is 0 Å². The third-order valence-electron chi connectivity index (χ3n) is 3.39. The van der Waals surface area contributed by atoms with Crippen molar-refractivity contribution in [2.24, 2.45) is 0 Å². The van der Waals surface area contributed by atoms with Crippen LogP contribution in [-0.2, 0) is 6.54 Å².